The second-order valence-electron chi connectivity index (χ2n) is 4.34. The van der Waals surface area contributed by atoms with Crippen LogP contribution in [0.15, 0.2) is 43.3 Å². The number of nitrogens with one attached hydrogen (secondary N) is 3. The van der Waals surface area contributed by atoms with E-state index in [0.717, 1.165) is 6.21 Å². The van der Waals surface area contributed by atoms with Crippen LogP contribution in [0.5, 0.6) is 0 Å². The Balaban J connectivity index is 2.26. The fourth-order valence-electron chi connectivity index (χ4n) is 1.70. The summed E-state index contributed by atoms with van der Waals surface area (Å²) in [5, 5.41) is 21.9. The van der Waals surface area contributed by atoms with Crippen molar-refractivity contribution in [3.63, 3.8) is 0 Å². The zero-order valence-corrected chi connectivity index (χ0v) is 12.6. The first-order chi connectivity index (χ1) is 11.0. The Bertz CT molecular complexity index is 778. The van der Waals surface area contributed by atoms with Crippen LogP contribution in [0.3, 0.4) is 0 Å². The predicted octanol–water partition coefficient (Wildman–Crippen LogP) is 4.12. The van der Waals surface area contributed by atoms with Crippen LogP contribution in [0, 0.1) is 11.2 Å². The van der Waals surface area contributed by atoms with Gasteiger partial charge in [0.1, 0.15) is 17.4 Å². The minimum Gasteiger partial charge on any atom is -0.508 e. The van der Waals surface area contributed by atoms with Crippen molar-refractivity contribution in [2.75, 3.05) is 10.6 Å². The van der Waals surface area contributed by atoms with Crippen molar-refractivity contribution < 1.29 is 9.50 Å². The number of rotatable bonds is 6. The van der Waals surface area contributed by atoms with Gasteiger partial charge >= 0.3 is 0 Å². The standard InChI is InChI=1S/C15H13ClFN5O/c1-9(23)11-8-20-15(16)22-14(11)21-10-3-4-13(12(17)7-10)19-6-2-5-18/h2-8,18-19,23H,1H2,(H,20,21,22)/b6-2-,18-5?. The van der Waals surface area contributed by atoms with Gasteiger partial charge in [-0.1, -0.05) is 6.58 Å². The number of anilines is 3. The first-order valence-corrected chi connectivity index (χ1v) is 6.78. The lowest BCUT2D eigenvalue weighted by Crippen LogP contribution is -2.01. The average molecular weight is 334 g/mol. The molecule has 0 radical (unpaired) electrons. The van der Waals surface area contributed by atoms with Crippen LogP contribution in [-0.4, -0.2) is 21.3 Å². The highest BCUT2D eigenvalue weighted by atomic mass is 35.5. The smallest absolute Gasteiger partial charge is 0.224 e. The monoisotopic (exact) mass is 333 g/mol. The molecular weight excluding hydrogens is 321 g/mol. The summed E-state index contributed by atoms with van der Waals surface area (Å²) in [4.78, 5) is 7.71. The summed E-state index contributed by atoms with van der Waals surface area (Å²) < 4.78 is 14.0. The third-order valence-electron chi connectivity index (χ3n) is 2.73. The van der Waals surface area contributed by atoms with Crippen LogP contribution in [0.25, 0.3) is 5.76 Å². The van der Waals surface area contributed by atoms with Gasteiger partial charge in [-0.25, -0.2) is 9.37 Å². The highest BCUT2D eigenvalue weighted by Crippen LogP contribution is 2.26. The molecule has 8 heteroatoms. The molecule has 1 heterocycles. The SMILES string of the molecule is C=C(O)c1cnc(Cl)nc1Nc1ccc(N/C=C\C=N)c(F)c1. The molecule has 0 aliphatic carbocycles. The van der Waals surface area contributed by atoms with Gasteiger partial charge in [0.25, 0.3) is 0 Å². The molecule has 0 bridgehead atoms. The van der Waals surface area contributed by atoms with Gasteiger partial charge in [0.05, 0.1) is 11.3 Å². The van der Waals surface area contributed by atoms with Gasteiger partial charge < -0.3 is 21.1 Å². The van der Waals surface area contributed by atoms with Gasteiger partial charge in [-0.2, -0.15) is 4.98 Å². The Morgan fingerprint density at radius 3 is 2.87 bits per heavy atom. The van der Waals surface area contributed by atoms with Crippen LogP contribution in [0.4, 0.5) is 21.6 Å². The van der Waals surface area contributed by atoms with Gasteiger partial charge in [-0.15, -0.1) is 0 Å². The summed E-state index contributed by atoms with van der Waals surface area (Å²) in [6.07, 6.45) is 5.25. The number of halogens is 2. The lowest BCUT2D eigenvalue weighted by Gasteiger charge is -2.11. The molecule has 23 heavy (non-hydrogen) atoms. The van der Waals surface area contributed by atoms with Crippen LogP contribution in [0.2, 0.25) is 5.28 Å². The predicted molar refractivity (Wildman–Crippen MR) is 89.9 cm³/mol. The van der Waals surface area contributed by atoms with E-state index in [0.29, 0.717) is 5.69 Å². The average Bonchev–Trinajstić information content (AvgIpc) is 2.49. The van der Waals surface area contributed by atoms with Crippen molar-refractivity contribution in [2.45, 2.75) is 0 Å². The number of aliphatic hydroxyl groups is 1. The van der Waals surface area contributed by atoms with Gasteiger partial charge in [-0.3, -0.25) is 0 Å². The summed E-state index contributed by atoms with van der Waals surface area (Å²) in [5.41, 5.74) is 0.911. The van der Waals surface area contributed by atoms with E-state index in [2.05, 4.69) is 27.2 Å². The molecule has 0 aliphatic rings. The second kappa shape index (κ2) is 7.37. The van der Waals surface area contributed by atoms with Crippen LogP contribution < -0.4 is 10.6 Å². The summed E-state index contributed by atoms with van der Waals surface area (Å²) in [7, 11) is 0. The van der Waals surface area contributed by atoms with Crippen molar-refractivity contribution in [3.05, 3.63) is 59.9 Å². The largest absolute Gasteiger partial charge is 0.508 e. The van der Waals surface area contributed by atoms with Crippen molar-refractivity contribution in [3.8, 4) is 0 Å². The number of aliphatic hydroxyl groups excluding tert-OH is 1. The van der Waals surface area contributed by atoms with E-state index in [1.54, 1.807) is 6.07 Å². The van der Waals surface area contributed by atoms with Crippen LogP contribution >= 0.6 is 11.6 Å². The summed E-state index contributed by atoms with van der Waals surface area (Å²) in [6, 6.07) is 4.38. The Labute approximate surface area is 136 Å². The van der Waals surface area contributed by atoms with Crippen LogP contribution in [0.1, 0.15) is 5.56 Å². The molecule has 0 atom stereocenters. The normalized spacial score (nSPS) is 10.5. The van der Waals surface area contributed by atoms with E-state index in [9.17, 15) is 9.50 Å². The Hall–Kier alpha value is -2.93. The van der Waals surface area contributed by atoms with E-state index in [1.807, 2.05) is 0 Å². The highest BCUT2D eigenvalue weighted by molar-refractivity contribution is 6.28. The molecule has 0 unspecified atom stereocenters. The number of hydrogen-bond acceptors (Lipinski definition) is 6. The zero-order valence-electron chi connectivity index (χ0n) is 11.8. The van der Waals surface area contributed by atoms with E-state index in [1.165, 1.54) is 30.6 Å². The molecule has 0 spiro atoms. The Morgan fingerprint density at radius 1 is 1.43 bits per heavy atom. The van der Waals surface area contributed by atoms with E-state index >= 15 is 0 Å². The van der Waals surface area contributed by atoms with Crippen molar-refractivity contribution in [2.24, 2.45) is 0 Å². The molecule has 0 saturated carbocycles. The summed E-state index contributed by atoms with van der Waals surface area (Å²) >= 11 is 5.73. The zero-order chi connectivity index (χ0) is 16.8. The fraction of sp³-hybridized carbons (Fsp3) is 0. The Morgan fingerprint density at radius 2 is 2.22 bits per heavy atom. The lowest BCUT2D eigenvalue weighted by molar-refractivity contribution is 0.513. The quantitative estimate of drug-likeness (QED) is 0.362. The molecule has 0 fully saturated rings. The molecule has 0 aliphatic heterocycles. The van der Waals surface area contributed by atoms with E-state index < -0.39 is 5.82 Å². The van der Waals surface area contributed by atoms with Gasteiger partial charge in [0.15, 0.2) is 0 Å². The van der Waals surface area contributed by atoms with Gasteiger partial charge in [0.2, 0.25) is 5.28 Å². The molecule has 0 saturated heterocycles. The first-order valence-electron chi connectivity index (χ1n) is 6.40. The molecular formula is C15H13ClFN5O. The molecule has 6 nitrogen and oxygen atoms in total. The fourth-order valence-corrected chi connectivity index (χ4v) is 1.83. The molecule has 2 rings (SSSR count). The molecule has 118 valence electrons. The minimum atomic E-state index is -0.505. The third kappa shape index (κ3) is 4.27. The first kappa shape index (κ1) is 16.4. The Kier molecular flexibility index (Phi) is 5.27. The maximum Gasteiger partial charge on any atom is 0.224 e. The highest BCUT2D eigenvalue weighted by Gasteiger charge is 2.10. The second-order valence-corrected chi connectivity index (χ2v) is 4.68. The van der Waals surface area contributed by atoms with Crippen molar-refractivity contribution in [1.29, 1.82) is 5.41 Å². The van der Waals surface area contributed by atoms with E-state index in [-0.39, 0.29) is 28.1 Å². The van der Waals surface area contributed by atoms with Crippen molar-refractivity contribution in [1.82, 2.24) is 9.97 Å². The van der Waals surface area contributed by atoms with Gasteiger partial charge in [-0.05, 0) is 35.9 Å². The molecule has 2 aromatic rings. The third-order valence-corrected chi connectivity index (χ3v) is 2.92. The van der Waals surface area contributed by atoms with Gasteiger partial charge in [0, 0.05) is 24.3 Å². The summed E-state index contributed by atoms with van der Waals surface area (Å²) in [5.74, 6) is -0.532. The summed E-state index contributed by atoms with van der Waals surface area (Å²) in [6.45, 7) is 3.41. The number of benzene rings is 1. The lowest BCUT2D eigenvalue weighted by atomic mass is 10.2. The number of aromatic nitrogens is 2. The molecule has 1 aromatic heterocycles. The number of allylic oxidation sites excluding steroid dienone is 1. The maximum atomic E-state index is 14.0. The van der Waals surface area contributed by atoms with E-state index in [4.69, 9.17) is 17.0 Å². The van der Waals surface area contributed by atoms with Crippen LogP contribution in [-0.2, 0) is 0 Å². The molecule has 4 N–H and O–H groups in total. The number of nitrogens with zero attached hydrogens (tertiary/aromatic N) is 2. The van der Waals surface area contributed by atoms with Crippen molar-refractivity contribution >= 4 is 40.8 Å². The number of hydrogen-bond donors (Lipinski definition) is 4. The molecule has 1 aromatic carbocycles. The topological polar surface area (TPSA) is 93.9 Å². The maximum absolute atomic E-state index is 14.0. The minimum absolute atomic E-state index is 0.0203. The molecule has 0 amide bonds.